The van der Waals surface area contributed by atoms with E-state index in [1.54, 1.807) is 0 Å². The lowest BCUT2D eigenvalue weighted by Gasteiger charge is -2.33. The van der Waals surface area contributed by atoms with Gasteiger partial charge in [-0.2, -0.15) is 11.8 Å². The van der Waals surface area contributed by atoms with Crippen LogP contribution in [0.2, 0.25) is 0 Å². The number of nitrogens with one attached hydrogen (secondary N) is 2. The Balaban J connectivity index is 0.00000261. The average molecular weight is 504 g/mol. The molecule has 5 nitrogen and oxygen atoms in total. The van der Waals surface area contributed by atoms with Gasteiger partial charge in [0.1, 0.15) is 0 Å². The number of thioether (sulfide) groups is 1. The molecule has 0 spiro atoms. The molecular weight excluding hydrogens is 471 g/mol. The Morgan fingerprint density at radius 2 is 2.04 bits per heavy atom. The van der Waals surface area contributed by atoms with Crippen LogP contribution in [-0.4, -0.2) is 65.3 Å². The highest BCUT2D eigenvalue weighted by Gasteiger charge is 2.31. The van der Waals surface area contributed by atoms with Gasteiger partial charge < -0.3 is 15.7 Å². The van der Waals surface area contributed by atoms with Crippen molar-refractivity contribution in [2.24, 2.45) is 4.99 Å². The quantitative estimate of drug-likeness (QED) is 0.316. The highest BCUT2D eigenvalue weighted by molar-refractivity contribution is 14.0. The van der Waals surface area contributed by atoms with Crippen LogP contribution < -0.4 is 10.6 Å². The van der Waals surface area contributed by atoms with Gasteiger partial charge in [-0.05, 0) is 37.5 Å². The molecule has 0 amide bonds. The SMILES string of the molecule is CCNC(=NCC1(O)CCSC1)NC1CCN(Cc2ccccc2)CC1.I. The third-order valence-electron chi connectivity index (χ3n) is 5.14. The maximum absolute atomic E-state index is 10.5. The van der Waals surface area contributed by atoms with Crippen molar-refractivity contribution in [2.45, 2.75) is 44.4 Å². The second kappa shape index (κ2) is 11.5. The van der Waals surface area contributed by atoms with Gasteiger partial charge >= 0.3 is 0 Å². The van der Waals surface area contributed by atoms with Gasteiger partial charge in [-0.25, -0.2) is 0 Å². The molecule has 0 aromatic heterocycles. The maximum Gasteiger partial charge on any atom is 0.191 e. The van der Waals surface area contributed by atoms with Crippen molar-refractivity contribution < 1.29 is 5.11 Å². The van der Waals surface area contributed by atoms with Crippen LogP contribution in [0.4, 0.5) is 0 Å². The molecule has 152 valence electrons. The molecule has 3 rings (SSSR count). The van der Waals surface area contributed by atoms with Crippen LogP contribution in [0.15, 0.2) is 35.3 Å². The van der Waals surface area contributed by atoms with E-state index in [9.17, 15) is 5.11 Å². The molecule has 0 aliphatic carbocycles. The zero-order chi connectivity index (χ0) is 18.2. The topological polar surface area (TPSA) is 59.9 Å². The van der Waals surface area contributed by atoms with Crippen LogP contribution in [-0.2, 0) is 6.54 Å². The van der Waals surface area contributed by atoms with E-state index in [2.05, 4.69) is 57.8 Å². The smallest absolute Gasteiger partial charge is 0.191 e. The Hall–Kier alpha value is -0.510. The predicted molar refractivity (Wildman–Crippen MR) is 126 cm³/mol. The van der Waals surface area contributed by atoms with E-state index in [-0.39, 0.29) is 24.0 Å². The highest BCUT2D eigenvalue weighted by Crippen LogP contribution is 2.27. The van der Waals surface area contributed by atoms with E-state index in [4.69, 9.17) is 0 Å². The summed E-state index contributed by atoms with van der Waals surface area (Å²) in [5.41, 5.74) is 0.767. The van der Waals surface area contributed by atoms with Crippen LogP contribution >= 0.6 is 35.7 Å². The summed E-state index contributed by atoms with van der Waals surface area (Å²) in [4.78, 5) is 7.19. The van der Waals surface area contributed by atoms with Crippen molar-refractivity contribution in [1.29, 1.82) is 0 Å². The molecule has 1 aromatic rings. The molecule has 2 heterocycles. The summed E-state index contributed by atoms with van der Waals surface area (Å²) in [7, 11) is 0. The number of piperidine rings is 1. The third kappa shape index (κ3) is 7.44. The first-order valence-electron chi connectivity index (χ1n) is 9.78. The fraction of sp³-hybridized carbons (Fsp3) is 0.650. The van der Waals surface area contributed by atoms with Gasteiger partial charge in [0.15, 0.2) is 5.96 Å². The second-order valence-electron chi connectivity index (χ2n) is 7.40. The van der Waals surface area contributed by atoms with Gasteiger partial charge in [-0.3, -0.25) is 9.89 Å². The number of aliphatic imine (C=N–C) groups is 1. The zero-order valence-corrected chi connectivity index (χ0v) is 19.3. The number of likely N-dealkylation sites (tertiary alicyclic amines) is 1. The molecule has 2 saturated heterocycles. The predicted octanol–water partition coefficient (Wildman–Crippen LogP) is 2.69. The summed E-state index contributed by atoms with van der Waals surface area (Å²) in [6, 6.07) is 11.1. The fourth-order valence-electron chi connectivity index (χ4n) is 3.54. The average Bonchev–Trinajstić information content (AvgIpc) is 3.09. The Morgan fingerprint density at radius 3 is 2.67 bits per heavy atom. The van der Waals surface area contributed by atoms with E-state index in [0.717, 1.165) is 62.9 Å². The molecule has 0 saturated carbocycles. The molecule has 1 unspecified atom stereocenters. The van der Waals surface area contributed by atoms with E-state index >= 15 is 0 Å². The third-order valence-corrected chi connectivity index (χ3v) is 6.37. The first-order valence-corrected chi connectivity index (χ1v) is 10.9. The van der Waals surface area contributed by atoms with Crippen LogP contribution in [0.3, 0.4) is 0 Å². The van der Waals surface area contributed by atoms with Crippen molar-refractivity contribution >= 4 is 41.7 Å². The van der Waals surface area contributed by atoms with Crippen LogP contribution in [0.25, 0.3) is 0 Å². The van der Waals surface area contributed by atoms with Gasteiger partial charge in [-0.15, -0.1) is 24.0 Å². The summed E-state index contributed by atoms with van der Waals surface area (Å²) < 4.78 is 0. The largest absolute Gasteiger partial charge is 0.387 e. The van der Waals surface area contributed by atoms with Crippen molar-refractivity contribution in [3.8, 4) is 0 Å². The number of benzene rings is 1. The van der Waals surface area contributed by atoms with E-state index < -0.39 is 5.60 Å². The number of halogens is 1. The zero-order valence-electron chi connectivity index (χ0n) is 16.2. The summed E-state index contributed by atoms with van der Waals surface area (Å²) in [6.45, 7) is 6.65. The molecule has 2 aliphatic rings. The Morgan fingerprint density at radius 1 is 1.30 bits per heavy atom. The summed E-state index contributed by atoms with van der Waals surface area (Å²) >= 11 is 1.82. The second-order valence-corrected chi connectivity index (χ2v) is 8.51. The molecule has 27 heavy (non-hydrogen) atoms. The lowest BCUT2D eigenvalue weighted by molar-refractivity contribution is 0.0778. The molecule has 1 aromatic carbocycles. The lowest BCUT2D eigenvalue weighted by Crippen LogP contribution is -2.49. The molecule has 2 aliphatic heterocycles. The van der Waals surface area contributed by atoms with E-state index in [1.165, 1.54) is 5.56 Å². The minimum Gasteiger partial charge on any atom is -0.387 e. The number of hydrogen-bond acceptors (Lipinski definition) is 4. The molecule has 1 atom stereocenters. The van der Waals surface area contributed by atoms with Crippen LogP contribution in [0.1, 0.15) is 31.7 Å². The van der Waals surface area contributed by atoms with Crippen LogP contribution in [0.5, 0.6) is 0 Å². The van der Waals surface area contributed by atoms with E-state index in [0.29, 0.717) is 12.6 Å². The van der Waals surface area contributed by atoms with Crippen molar-refractivity contribution in [3.63, 3.8) is 0 Å². The number of guanidine groups is 1. The van der Waals surface area contributed by atoms with Gasteiger partial charge in [0, 0.05) is 38.0 Å². The standard InChI is InChI=1S/C20H32N4OS.HI/c1-2-21-19(22-15-20(25)10-13-26-16-20)23-18-8-11-24(12-9-18)14-17-6-4-3-5-7-17;/h3-7,18,25H,2,8-16H2,1H3,(H2,21,22,23);1H. The Bertz CT molecular complexity index is 573. The van der Waals surface area contributed by atoms with Gasteiger partial charge in [-0.1, -0.05) is 30.3 Å². The molecular formula is C20H33IN4OS. The highest BCUT2D eigenvalue weighted by atomic mass is 127. The summed E-state index contributed by atoms with van der Waals surface area (Å²) in [5, 5.41) is 17.4. The normalized spacial score (nSPS) is 24.4. The summed E-state index contributed by atoms with van der Waals surface area (Å²) in [5.74, 6) is 2.68. The van der Waals surface area contributed by atoms with Gasteiger partial charge in [0.25, 0.3) is 0 Å². The molecule has 0 radical (unpaired) electrons. The minimum atomic E-state index is -0.619. The number of aliphatic hydroxyl groups is 1. The Labute approximate surface area is 184 Å². The first kappa shape index (κ1) is 22.8. The number of rotatable bonds is 6. The monoisotopic (exact) mass is 504 g/mol. The molecule has 2 fully saturated rings. The Kier molecular flexibility index (Phi) is 9.69. The first-order chi connectivity index (χ1) is 12.7. The van der Waals surface area contributed by atoms with Gasteiger partial charge in [0.2, 0.25) is 0 Å². The number of nitrogens with zero attached hydrogens (tertiary/aromatic N) is 2. The van der Waals surface area contributed by atoms with Crippen LogP contribution in [0, 0.1) is 0 Å². The molecule has 3 N–H and O–H groups in total. The molecule has 7 heteroatoms. The van der Waals surface area contributed by atoms with Crippen molar-refractivity contribution in [2.75, 3.05) is 37.7 Å². The van der Waals surface area contributed by atoms with E-state index in [1.807, 2.05) is 11.8 Å². The number of hydrogen-bond donors (Lipinski definition) is 3. The van der Waals surface area contributed by atoms with Crippen molar-refractivity contribution in [3.05, 3.63) is 35.9 Å². The maximum atomic E-state index is 10.5. The lowest BCUT2D eigenvalue weighted by atomic mass is 10.0. The van der Waals surface area contributed by atoms with Crippen molar-refractivity contribution in [1.82, 2.24) is 15.5 Å². The minimum absolute atomic E-state index is 0. The van der Waals surface area contributed by atoms with Gasteiger partial charge in [0.05, 0.1) is 12.1 Å². The molecule has 0 bridgehead atoms. The fourth-order valence-corrected chi connectivity index (χ4v) is 4.82. The summed E-state index contributed by atoms with van der Waals surface area (Å²) in [6.07, 6.45) is 3.09.